The smallest absolute Gasteiger partial charge is 0.217 e. The summed E-state index contributed by atoms with van der Waals surface area (Å²) in [5, 5.41) is 12.5. The topological polar surface area (TPSA) is 74.3 Å². The number of carbonyl (C=O) groups excluding carboxylic acids is 1. The van der Waals surface area contributed by atoms with Gasteiger partial charge in [-0.3, -0.25) is 9.69 Å². The van der Waals surface area contributed by atoms with Crippen molar-refractivity contribution in [3.8, 4) is 11.1 Å². The van der Waals surface area contributed by atoms with E-state index in [9.17, 15) is 9.90 Å². The van der Waals surface area contributed by atoms with Gasteiger partial charge in [0.1, 0.15) is 0 Å². The van der Waals surface area contributed by atoms with Crippen LogP contribution >= 0.6 is 0 Å². The van der Waals surface area contributed by atoms with E-state index in [1.807, 2.05) is 24.3 Å². The van der Waals surface area contributed by atoms with Crippen molar-refractivity contribution in [3.63, 3.8) is 0 Å². The Bertz CT molecular complexity index is 1370. The Labute approximate surface area is 262 Å². The summed E-state index contributed by atoms with van der Waals surface area (Å²) in [4.78, 5) is 16.9. The van der Waals surface area contributed by atoms with E-state index < -0.39 is 6.29 Å². The second-order valence-corrected chi connectivity index (χ2v) is 12.8. The van der Waals surface area contributed by atoms with Gasteiger partial charge in [-0.1, -0.05) is 79.7 Å². The number of aliphatic hydroxyl groups is 1. The number of ether oxygens (including phenoxy) is 2. The first-order valence-electron chi connectivity index (χ1n) is 16.4. The summed E-state index contributed by atoms with van der Waals surface area (Å²) in [6.45, 7) is 9.98. The molecule has 3 aliphatic rings. The summed E-state index contributed by atoms with van der Waals surface area (Å²) in [5.41, 5.74) is 6.29. The van der Waals surface area contributed by atoms with E-state index in [0.717, 1.165) is 53.0 Å². The van der Waals surface area contributed by atoms with Gasteiger partial charge in [0.15, 0.2) is 6.29 Å². The lowest BCUT2D eigenvalue weighted by atomic mass is 9.89. The molecule has 5 atom stereocenters. The summed E-state index contributed by atoms with van der Waals surface area (Å²) in [5.74, 6) is 0.126. The Balaban J connectivity index is 1.23. The van der Waals surface area contributed by atoms with Gasteiger partial charge in [-0.25, -0.2) is 0 Å². The van der Waals surface area contributed by atoms with Gasteiger partial charge in [0.25, 0.3) is 0 Å². The van der Waals surface area contributed by atoms with Gasteiger partial charge in [0, 0.05) is 44.1 Å². The van der Waals surface area contributed by atoms with Gasteiger partial charge in [0.2, 0.25) is 5.91 Å². The minimum atomic E-state index is -0.484. The van der Waals surface area contributed by atoms with E-state index in [2.05, 4.69) is 70.6 Å². The first-order valence-corrected chi connectivity index (χ1v) is 16.4. The van der Waals surface area contributed by atoms with Crippen LogP contribution in [0.25, 0.3) is 11.1 Å². The fourth-order valence-electron chi connectivity index (χ4n) is 7.16. The van der Waals surface area contributed by atoms with Crippen LogP contribution in [0.3, 0.4) is 0 Å². The molecule has 0 spiro atoms. The van der Waals surface area contributed by atoms with Gasteiger partial charge < -0.3 is 24.8 Å². The van der Waals surface area contributed by atoms with Crippen molar-refractivity contribution < 1.29 is 19.4 Å². The van der Waals surface area contributed by atoms with E-state index >= 15 is 0 Å². The molecule has 234 valence electrons. The Hall–Kier alpha value is -3.07. The number of aliphatic hydroxyl groups excluding tert-OH is 1. The maximum atomic E-state index is 11.5. The Morgan fingerprint density at radius 2 is 1.61 bits per heavy atom. The summed E-state index contributed by atoms with van der Waals surface area (Å²) in [7, 11) is 0. The number of hydrogen-bond donors (Lipinski definition) is 2. The predicted octanol–water partition coefficient (Wildman–Crippen LogP) is 5.83. The van der Waals surface area contributed by atoms with Gasteiger partial charge in [-0.2, -0.15) is 0 Å². The maximum absolute atomic E-state index is 11.5. The van der Waals surface area contributed by atoms with E-state index in [1.165, 1.54) is 38.8 Å². The van der Waals surface area contributed by atoms with Crippen LogP contribution in [0.2, 0.25) is 0 Å². The lowest BCUT2D eigenvalue weighted by Gasteiger charge is -2.43. The molecule has 3 aliphatic heterocycles. The molecule has 0 aromatic heterocycles. The number of nitrogens with one attached hydrogen (secondary N) is 1. The highest BCUT2D eigenvalue weighted by atomic mass is 16.7. The number of hydrogen-bond acceptors (Lipinski definition) is 6. The molecule has 44 heavy (non-hydrogen) atoms. The third-order valence-electron chi connectivity index (χ3n) is 9.74. The fourth-order valence-corrected chi connectivity index (χ4v) is 7.16. The molecule has 3 heterocycles. The quantitative estimate of drug-likeness (QED) is 0.306. The number of carbonyl (C=O) groups is 1. The van der Waals surface area contributed by atoms with E-state index in [1.54, 1.807) is 6.92 Å². The van der Waals surface area contributed by atoms with Gasteiger partial charge in [-0.15, -0.1) is 0 Å². The first-order chi connectivity index (χ1) is 21.5. The molecular weight excluding hydrogens is 550 g/mol. The summed E-state index contributed by atoms with van der Waals surface area (Å²) >= 11 is 0. The van der Waals surface area contributed by atoms with Crippen LogP contribution in [0.4, 0.5) is 0 Å². The minimum Gasteiger partial charge on any atom is -0.392 e. The molecular formula is C37H47N3O4. The second-order valence-electron chi connectivity index (χ2n) is 12.8. The molecule has 7 nitrogen and oxygen atoms in total. The van der Waals surface area contributed by atoms with Crippen molar-refractivity contribution in [1.82, 2.24) is 15.1 Å². The van der Waals surface area contributed by atoms with E-state index in [4.69, 9.17) is 9.47 Å². The second kappa shape index (κ2) is 14.4. The zero-order chi connectivity index (χ0) is 30.5. The van der Waals surface area contributed by atoms with Crippen LogP contribution in [0.1, 0.15) is 74.2 Å². The van der Waals surface area contributed by atoms with Crippen molar-refractivity contribution in [2.45, 2.75) is 77.2 Å². The standard InChI is InChI=1S/C37H47N3O4/c1-26-35(24-40-21-7-9-33(40)23-39-19-5-6-20-39)43-37(44-36(26)30-13-11-28(25-41)12-14-30)31-17-15-29(16-18-31)34-10-4-3-8-32(34)22-38-27(2)42/h3-4,8,10-18,26,33,35-37,41H,5-7,9,19-25H2,1-2H3,(H,38,42). The summed E-state index contributed by atoms with van der Waals surface area (Å²) < 4.78 is 13.6. The lowest BCUT2D eigenvalue weighted by Crippen LogP contribution is -2.48. The highest BCUT2D eigenvalue weighted by Crippen LogP contribution is 2.42. The molecule has 5 unspecified atom stereocenters. The molecule has 7 heteroatoms. The Kier molecular flexibility index (Phi) is 10.1. The zero-order valence-electron chi connectivity index (χ0n) is 26.2. The van der Waals surface area contributed by atoms with Crippen molar-refractivity contribution in [2.75, 3.05) is 32.7 Å². The molecule has 6 rings (SSSR count). The molecule has 0 bridgehead atoms. The maximum Gasteiger partial charge on any atom is 0.217 e. The Morgan fingerprint density at radius 3 is 2.34 bits per heavy atom. The predicted molar refractivity (Wildman–Crippen MR) is 173 cm³/mol. The molecule has 3 saturated heterocycles. The van der Waals surface area contributed by atoms with E-state index in [-0.39, 0.29) is 30.6 Å². The highest BCUT2D eigenvalue weighted by molar-refractivity contribution is 5.74. The average Bonchev–Trinajstić information content (AvgIpc) is 3.74. The monoisotopic (exact) mass is 597 g/mol. The molecule has 0 radical (unpaired) electrons. The average molecular weight is 598 g/mol. The number of benzene rings is 3. The van der Waals surface area contributed by atoms with Gasteiger partial charge >= 0.3 is 0 Å². The van der Waals surface area contributed by atoms with Crippen LogP contribution in [0, 0.1) is 5.92 Å². The largest absolute Gasteiger partial charge is 0.392 e. The van der Waals surface area contributed by atoms with Crippen molar-refractivity contribution in [3.05, 3.63) is 95.1 Å². The molecule has 3 aromatic carbocycles. The molecule has 3 fully saturated rings. The number of likely N-dealkylation sites (tertiary alicyclic amines) is 2. The first kappa shape index (κ1) is 30.9. The minimum absolute atomic E-state index is 0.0218. The lowest BCUT2D eigenvalue weighted by molar-refractivity contribution is -0.276. The number of amides is 1. The van der Waals surface area contributed by atoms with Crippen LogP contribution < -0.4 is 5.32 Å². The molecule has 2 N–H and O–H groups in total. The third-order valence-corrected chi connectivity index (χ3v) is 9.74. The van der Waals surface area contributed by atoms with Crippen LogP contribution in [-0.4, -0.2) is 65.7 Å². The zero-order valence-corrected chi connectivity index (χ0v) is 26.2. The van der Waals surface area contributed by atoms with Crippen molar-refractivity contribution in [2.24, 2.45) is 5.92 Å². The molecule has 0 saturated carbocycles. The number of nitrogens with zero attached hydrogens (tertiary/aromatic N) is 2. The normalized spacial score (nSPS) is 26.2. The SMILES string of the molecule is CC(=O)NCc1ccccc1-c1ccc(C2OC(CN3CCCC3CN3CCCC3)C(C)C(c3ccc(CO)cc3)O2)cc1. The highest BCUT2D eigenvalue weighted by Gasteiger charge is 2.40. The third kappa shape index (κ3) is 7.24. The summed E-state index contributed by atoms with van der Waals surface area (Å²) in [6, 6.07) is 25.4. The van der Waals surface area contributed by atoms with Crippen molar-refractivity contribution >= 4 is 5.91 Å². The molecule has 1 amide bonds. The van der Waals surface area contributed by atoms with Crippen LogP contribution in [0.5, 0.6) is 0 Å². The molecule has 0 aliphatic carbocycles. The van der Waals surface area contributed by atoms with Gasteiger partial charge in [0.05, 0.1) is 18.8 Å². The fraction of sp³-hybridized carbons (Fsp3) is 0.486. The van der Waals surface area contributed by atoms with E-state index in [0.29, 0.717) is 12.6 Å². The van der Waals surface area contributed by atoms with Gasteiger partial charge in [-0.05, 0) is 73.1 Å². The molecule has 3 aromatic rings. The van der Waals surface area contributed by atoms with Crippen LogP contribution in [0.15, 0.2) is 72.8 Å². The summed E-state index contributed by atoms with van der Waals surface area (Å²) in [6.07, 6.45) is 4.57. The van der Waals surface area contributed by atoms with Crippen molar-refractivity contribution in [1.29, 1.82) is 0 Å². The van der Waals surface area contributed by atoms with Crippen LogP contribution in [-0.2, 0) is 27.4 Å². The Morgan fingerprint density at radius 1 is 0.886 bits per heavy atom. The number of rotatable bonds is 10.